The fourth-order valence-corrected chi connectivity index (χ4v) is 5.68. The fourth-order valence-electron chi connectivity index (χ4n) is 3.14. The Morgan fingerprint density at radius 1 is 1.36 bits per heavy atom. The number of fused-ring (bicyclic) bond motifs is 1. The van der Waals surface area contributed by atoms with Gasteiger partial charge in [0, 0.05) is 24.6 Å². The zero-order valence-corrected chi connectivity index (χ0v) is 17.2. The molecule has 1 aromatic heterocycles. The number of ether oxygens (including phenoxy) is 1. The van der Waals surface area contributed by atoms with E-state index in [1.54, 1.807) is 24.7 Å². The largest absolute Gasteiger partial charge is 0.497 e. The molecule has 4 rings (SSSR count). The number of nitrogens with one attached hydrogen (secondary N) is 1. The highest BCUT2D eigenvalue weighted by Gasteiger charge is 2.27. The van der Waals surface area contributed by atoms with Crippen molar-refractivity contribution in [1.82, 2.24) is 9.99 Å². The maximum absolute atomic E-state index is 13.2. The molecule has 3 heterocycles. The first-order chi connectivity index (χ1) is 13.5. The Balaban J connectivity index is 2.00. The maximum atomic E-state index is 13.2. The molecule has 2 aliphatic heterocycles. The molecular formula is C19H18N4O3S2. The summed E-state index contributed by atoms with van der Waals surface area (Å²) >= 11 is 2.84. The molecule has 0 saturated carbocycles. The van der Waals surface area contributed by atoms with E-state index in [-0.39, 0.29) is 11.5 Å². The number of carbonyl (C=O) groups excluding carboxylic acids is 1. The molecule has 28 heavy (non-hydrogen) atoms. The number of carbonyl (C=O) groups is 1. The smallest absolute Gasteiger partial charge is 0.276 e. The van der Waals surface area contributed by atoms with Crippen LogP contribution in [0.3, 0.4) is 0 Å². The minimum atomic E-state index is -0.298. The summed E-state index contributed by atoms with van der Waals surface area (Å²) in [5.41, 5.74) is 4.30. The van der Waals surface area contributed by atoms with Crippen LogP contribution in [0.5, 0.6) is 5.75 Å². The van der Waals surface area contributed by atoms with E-state index in [1.807, 2.05) is 30.1 Å². The van der Waals surface area contributed by atoms with Crippen LogP contribution in [0.4, 0.5) is 5.69 Å². The summed E-state index contributed by atoms with van der Waals surface area (Å²) in [4.78, 5) is 28.5. The molecule has 0 bridgehead atoms. The van der Waals surface area contributed by atoms with Gasteiger partial charge in [-0.25, -0.2) is 5.43 Å². The van der Waals surface area contributed by atoms with E-state index < -0.39 is 0 Å². The quantitative estimate of drug-likeness (QED) is 0.761. The summed E-state index contributed by atoms with van der Waals surface area (Å²) in [6.45, 7) is 5.81. The van der Waals surface area contributed by atoms with Gasteiger partial charge in [-0.2, -0.15) is 5.10 Å². The molecule has 0 saturated heterocycles. The summed E-state index contributed by atoms with van der Waals surface area (Å²) in [6, 6.07) is 5.83. The summed E-state index contributed by atoms with van der Waals surface area (Å²) in [6.07, 6.45) is 1.65. The number of benzene rings is 1. The van der Waals surface area contributed by atoms with Gasteiger partial charge in [-0.3, -0.25) is 14.2 Å². The molecule has 1 amide bonds. The number of anilines is 1. The topological polar surface area (TPSA) is 75.9 Å². The first-order valence-electron chi connectivity index (χ1n) is 8.50. The zero-order chi connectivity index (χ0) is 20.0. The van der Waals surface area contributed by atoms with Crippen molar-refractivity contribution >= 4 is 51.0 Å². The molecule has 2 aliphatic rings. The molecule has 1 aromatic carbocycles. The van der Waals surface area contributed by atoms with Gasteiger partial charge in [0.2, 0.25) is 0 Å². The number of thiazole rings is 1. The standard InChI is InChI=1S/C19H18N4O3S2/c1-5-8-23-17(25)15(28-18(23)14-10(2)20-21-16(14)24)19-22(3)12-9-11(26-4)6-7-13(12)27-19/h5-7,9H,1,8H2,2-4H3,(H,21,24)/b18-14+,19-15-. The van der Waals surface area contributed by atoms with Gasteiger partial charge in [0.05, 0.1) is 24.1 Å². The van der Waals surface area contributed by atoms with Gasteiger partial charge in [-0.1, -0.05) is 17.8 Å². The van der Waals surface area contributed by atoms with E-state index in [4.69, 9.17) is 4.74 Å². The number of allylic oxidation sites excluding steroid dienone is 1. The lowest BCUT2D eigenvalue weighted by Crippen LogP contribution is -2.35. The third kappa shape index (κ3) is 2.78. The Bertz CT molecular complexity index is 1220. The van der Waals surface area contributed by atoms with Crippen LogP contribution in [0.25, 0.3) is 10.6 Å². The molecule has 0 spiro atoms. The van der Waals surface area contributed by atoms with Crippen molar-refractivity contribution in [3.05, 3.63) is 50.4 Å². The van der Waals surface area contributed by atoms with E-state index in [9.17, 15) is 9.59 Å². The summed E-state index contributed by atoms with van der Waals surface area (Å²) in [7, 11) is 3.55. The second-order valence-corrected chi connectivity index (χ2v) is 8.28. The normalized spacial score (nSPS) is 19.5. The molecule has 0 unspecified atom stereocenters. The maximum Gasteiger partial charge on any atom is 0.276 e. The highest BCUT2D eigenvalue weighted by Crippen LogP contribution is 2.46. The number of hydrogen-bond acceptors (Lipinski definition) is 7. The lowest BCUT2D eigenvalue weighted by Gasteiger charge is -2.13. The van der Waals surface area contributed by atoms with Gasteiger partial charge in [-0.05, 0) is 19.1 Å². The van der Waals surface area contributed by atoms with Crippen LogP contribution in [-0.2, 0) is 11.3 Å². The Labute approximate surface area is 169 Å². The Kier molecular flexibility index (Phi) is 4.64. The van der Waals surface area contributed by atoms with Gasteiger partial charge >= 0.3 is 0 Å². The van der Waals surface area contributed by atoms with Crippen molar-refractivity contribution in [3.63, 3.8) is 0 Å². The molecular weight excluding hydrogens is 396 g/mol. The van der Waals surface area contributed by atoms with Crippen LogP contribution in [0.2, 0.25) is 0 Å². The molecule has 0 radical (unpaired) electrons. The monoisotopic (exact) mass is 414 g/mol. The van der Waals surface area contributed by atoms with Gasteiger partial charge in [0.15, 0.2) is 0 Å². The lowest BCUT2D eigenvalue weighted by molar-refractivity contribution is -0.115. The molecule has 0 fully saturated rings. The molecule has 0 atom stereocenters. The van der Waals surface area contributed by atoms with E-state index in [0.29, 0.717) is 27.0 Å². The van der Waals surface area contributed by atoms with Crippen LogP contribution in [-0.4, -0.2) is 30.3 Å². The van der Waals surface area contributed by atoms with Crippen molar-refractivity contribution in [2.24, 2.45) is 5.10 Å². The third-order valence-electron chi connectivity index (χ3n) is 4.56. The van der Waals surface area contributed by atoms with Crippen molar-refractivity contribution < 1.29 is 9.53 Å². The summed E-state index contributed by atoms with van der Waals surface area (Å²) in [5, 5.41) is 4.82. The second kappa shape index (κ2) is 6.99. The Hall–Kier alpha value is -2.78. The molecule has 144 valence electrons. The van der Waals surface area contributed by atoms with Gasteiger partial charge in [0.25, 0.3) is 11.5 Å². The number of aromatic nitrogens is 1. The minimum Gasteiger partial charge on any atom is -0.497 e. The number of thioether (sulfide) groups is 1. The third-order valence-corrected chi connectivity index (χ3v) is 7.11. The second-order valence-electron chi connectivity index (χ2n) is 6.25. The van der Waals surface area contributed by atoms with E-state index >= 15 is 0 Å². The molecule has 7 nitrogen and oxygen atoms in total. The number of hydrogen-bond donors (Lipinski definition) is 1. The number of rotatable bonds is 3. The number of hydrazone groups is 1. The van der Waals surface area contributed by atoms with Gasteiger partial charge in [-0.15, -0.1) is 17.9 Å². The van der Waals surface area contributed by atoms with E-state index in [0.717, 1.165) is 21.4 Å². The predicted octanol–water partition coefficient (Wildman–Crippen LogP) is 1.07. The average molecular weight is 415 g/mol. The van der Waals surface area contributed by atoms with E-state index in [1.165, 1.54) is 23.1 Å². The van der Waals surface area contributed by atoms with Crippen molar-refractivity contribution in [2.75, 3.05) is 19.1 Å². The zero-order valence-electron chi connectivity index (χ0n) is 15.6. The van der Waals surface area contributed by atoms with E-state index in [2.05, 4.69) is 17.1 Å². The van der Waals surface area contributed by atoms with Crippen LogP contribution in [0.1, 0.15) is 6.92 Å². The SMILES string of the molecule is C=CCn1c(=O)/c(=C2/Sc3ccc(OC)cc3N2C)s/c1=C1/C(=O)NN=C1C. The average Bonchev–Trinajstić information content (AvgIpc) is 3.30. The van der Waals surface area contributed by atoms with Crippen molar-refractivity contribution in [2.45, 2.75) is 18.4 Å². The highest BCUT2D eigenvalue weighted by molar-refractivity contribution is 8.08. The highest BCUT2D eigenvalue weighted by atomic mass is 32.2. The van der Waals surface area contributed by atoms with Gasteiger partial charge in [0.1, 0.15) is 20.0 Å². The molecule has 2 aromatic rings. The molecule has 0 aliphatic carbocycles. The summed E-state index contributed by atoms with van der Waals surface area (Å²) in [5.74, 6) is 0.460. The number of methoxy groups -OCH3 is 1. The predicted molar refractivity (Wildman–Crippen MR) is 113 cm³/mol. The van der Waals surface area contributed by atoms with Gasteiger partial charge < -0.3 is 9.64 Å². The van der Waals surface area contributed by atoms with Crippen molar-refractivity contribution in [1.29, 1.82) is 0 Å². The van der Waals surface area contributed by atoms with Crippen LogP contribution < -0.4 is 29.8 Å². The van der Waals surface area contributed by atoms with Crippen LogP contribution >= 0.6 is 23.1 Å². The van der Waals surface area contributed by atoms with Crippen molar-refractivity contribution in [3.8, 4) is 5.75 Å². The molecule has 9 heteroatoms. The summed E-state index contributed by atoms with van der Waals surface area (Å²) < 4.78 is 8.07. The Morgan fingerprint density at radius 3 is 2.79 bits per heavy atom. The first kappa shape index (κ1) is 18.6. The Morgan fingerprint density at radius 2 is 2.14 bits per heavy atom. The first-order valence-corrected chi connectivity index (χ1v) is 10.1. The van der Waals surface area contributed by atoms with Crippen LogP contribution in [0.15, 0.2) is 45.6 Å². The van der Waals surface area contributed by atoms with Crippen LogP contribution in [0, 0.1) is 0 Å². The fraction of sp³-hybridized carbons (Fsp3) is 0.211. The number of amides is 1. The lowest BCUT2D eigenvalue weighted by atomic mass is 10.2. The molecule has 1 N–H and O–H groups in total. The minimum absolute atomic E-state index is 0.144. The number of nitrogens with zero attached hydrogens (tertiary/aromatic N) is 3.